The van der Waals surface area contributed by atoms with Gasteiger partial charge in [0.05, 0.1) is 5.75 Å². The van der Waals surface area contributed by atoms with E-state index >= 15 is 0 Å². The molecule has 2 aromatic carbocycles. The predicted molar refractivity (Wildman–Crippen MR) is 127 cm³/mol. The molecule has 35 heavy (non-hydrogen) atoms. The van der Waals surface area contributed by atoms with E-state index < -0.39 is 6.10 Å². The van der Waals surface area contributed by atoms with Crippen molar-refractivity contribution in [3.63, 3.8) is 0 Å². The van der Waals surface area contributed by atoms with Gasteiger partial charge in [0.15, 0.2) is 22.5 Å². The maximum absolute atomic E-state index is 13.2. The van der Waals surface area contributed by atoms with Gasteiger partial charge in [0.25, 0.3) is 5.91 Å². The molecule has 3 heterocycles. The summed E-state index contributed by atoms with van der Waals surface area (Å²) in [4.78, 5) is 29.1. The van der Waals surface area contributed by atoms with Gasteiger partial charge in [0, 0.05) is 38.8 Å². The Bertz CT molecular complexity index is 1230. The van der Waals surface area contributed by atoms with E-state index in [1.54, 1.807) is 32.6 Å². The standard InChI is InChI=1S/C24H24FN5O4S/c1-28-22(16-6-8-17(25)9-7-16)26-27-24(28)35-15-21(31)29-10-12-30(13-11-29)23(32)20-14-33-18-4-2-3-5-19(18)34-20/h2-9,20H,10-15H2,1H3/t20-/m0/s1. The summed E-state index contributed by atoms with van der Waals surface area (Å²) >= 11 is 1.30. The van der Waals surface area contributed by atoms with Crippen molar-refractivity contribution < 1.29 is 23.5 Å². The molecule has 0 N–H and O–H groups in total. The molecule has 2 aliphatic rings. The van der Waals surface area contributed by atoms with Crippen LogP contribution in [0.5, 0.6) is 11.5 Å². The monoisotopic (exact) mass is 497 g/mol. The molecule has 9 nitrogen and oxygen atoms in total. The van der Waals surface area contributed by atoms with Gasteiger partial charge in [-0.25, -0.2) is 4.39 Å². The molecule has 1 atom stereocenters. The first-order chi connectivity index (χ1) is 17.0. The molecule has 2 aliphatic heterocycles. The van der Waals surface area contributed by atoms with Gasteiger partial charge in [-0.15, -0.1) is 10.2 Å². The molecular formula is C24H24FN5O4S. The highest BCUT2D eigenvalue weighted by Crippen LogP contribution is 2.31. The van der Waals surface area contributed by atoms with Crippen LogP contribution in [-0.4, -0.2) is 81.0 Å². The Kier molecular flexibility index (Phi) is 6.58. The second kappa shape index (κ2) is 9.95. The summed E-state index contributed by atoms with van der Waals surface area (Å²) in [5.74, 6) is 1.53. The van der Waals surface area contributed by atoms with E-state index in [4.69, 9.17) is 9.47 Å². The van der Waals surface area contributed by atoms with E-state index in [1.165, 1.54) is 23.9 Å². The van der Waals surface area contributed by atoms with Crippen LogP contribution in [0.3, 0.4) is 0 Å². The lowest BCUT2D eigenvalue weighted by molar-refractivity contribution is -0.145. The molecule has 2 amide bonds. The van der Waals surface area contributed by atoms with Crippen molar-refractivity contribution in [1.29, 1.82) is 0 Å². The number of para-hydroxylation sites is 2. The fourth-order valence-corrected chi connectivity index (χ4v) is 4.84. The van der Waals surface area contributed by atoms with Gasteiger partial charge in [-0.3, -0.25) is 9.59 Å². The van der Waals surface area contributed by atoms with Crippen molar-refractivity contribution in [2.45, 2.75) is 11.3 Å². The molecule has 3 aromatic rings. The Morgan fingerprint density at radius 2 is 1.69 bits per heavy atom. The molecule has 0 spiro atoms. The number of rotatable bonds is 5. The number of amides is 2. The average molecular weight is 498 g/mol. The van der Waals surface area contributed by atoms with Crippen molar-refractivity contribution in [2.75, 3.05) is 38.5 Å². The van der Waals surface area contributed by atoms with Crippen LogP contribution in [0.1, 0.15) is 0 Å². The first-order valence-electron chi connectivity index (χ1n) is 11.2. The van der Waals surface area contributed by atoms with Crippen molar-refractivity contribution in [3.8, 4) is 22.9 Å². The zero-order chi connectivity index (χ0) is 24.4. The van der Waals surface area contributed by atoms with Gasteiger partial charge in [0.1, 0.15) is 12.4 Å². The zero-order valence-corrected chi connectivity index (χ0v) is 19.9. The normalized spacial score (nSPS) is 17.4. The third-order valence-corrected chi connectivity index (χ3v) is 7.00. The fourth-order valence-electron chi connectivity index (χ4n) is 4.03. The van der Waals surface area contributed by atoms with Crippen molar-refractivity contribution in [2.24, 2.45) is 7.05 Å². The number of carbonyl (C=O) groups excluding carboxylic acids is 2. The van der Waals surface area contributed by atoms with Crippen LogP contribution in [-0.2, 0) is 16.6 Å². The Balaban J connectivity index is 1.11. The summed E-state index contributed by atoms with van der Waals surface area (Å²) in [5, 5.41) is 8.94. The van der Waals surface area contributed by atoms with Gasteiger partial charge >= 0.3 is 0 Å². The van der Waals surface area contributed by atoms with Crippen LogP contribution in [0.25, 0.3) is 11.4 Å². The fraction of sp³-hybridized carbons (Fsp3) is 0.333. The second-order valence-electron chi connectivity index (χ2n) is 8.23. The molecule has 0 radical (unpaired) electrons. The second-order valence-corrected chi connectivity index (χ2v) is 9.17. The van der Waals surface area contributed by atoms with Crippen LogP contribution in [0.15, 0.2) is 53.7 Å². The van der Waals surface area contributed by atoms with Crippen LogP contribution >= 0.6 is 11.8 Å². The molecule has 1 fully saturated rings. The lowest BCUT2D eigenvalue weighted by Crippen LogP contribution is -2.55. The number of benzene rings is 2. The highest BCUT2D eigenvalue weighted by Gasteiger charge is 2.33. The Hall–Kier alpha value is -3.60. The van der Waals surface area contributed by atoms with Crippen LogP contribution in [0.2, 0.25) is 0 Å². The van der Waals surface area contributed by atoms with Gasteiger partial charge in [0.2, 0.25) is 12.0 Å². The van der Waals surface area contributed by atoms with Gasteiger partial charge < -0.3 is 23.8 Å². The summed E-state index contributed by atoms with van der Waals surface area (Å²) in [7, 11) is 1.81. The molecule has 5 rings (SSSR count). The van der Waals surface area contributed by atoms with E-state index in [1.807, 2.05) is 25.2 Å². The third kappa shape index (κ3) is 4.95. The minimum absolute atomic E-state index is 0.0281. The largest absolute Gasteiger partial charge is 0.485 e. The molecule has 0 saturated carbocycles. The maximum Gasteiger partial charge on any atom is 0.267 e. The lowest BCUT2D eigenvalue weighted by atomic mass is 10.2. The van der Waals surface area contributed by atoms with E-state index in [2.05, 4.69) is 10.2 Å². The molecular weight excluding hydrogens is 473 g/mol. The lowest BCUT2D eigenvalue weighted by Gasteiger charge is -2.37. The highest BCUT2D eigenvalue weighted by atomic mass is 32.2. The van der Waals surface area contributed by atoms with Crippen LogP contribution in [0, 0.1) is 5.82 Å². The summed E-state index contributed by atoms with van der Waals surface area (Å²) < 4.78 is 26.5. The third-order valence-electron chi connectivity index (χ3n) is 5.99. The topological polar surface area (TPSA) is 89.8 Å². The number of hydrogen-bond acceptors (Lipinski definition) is 7. The summed E-state index contributed by atoms with van der Waals surface area (Å²) in [6.45, 7) is 1.96. The molecule has 1 saturated heterocycles. The number of fused-ring (bicyclic) bond motifs is 1. The minimum atomic E-state index is -0.686. The molecule has 1 aromatic heterocycles. The van der Waals surface area contributed by atoms with E-state index in [9.17, 15) is 14.0 Å². The minimum Gasteiger partial charge on any atom is -0.485 e. The number of nitrogens with zero attached hydrogens (tertiary/aromatic N) is 5. The number of ether oxygens (including phenoxy) is 2. The highest BCUT2D eigenvalue weighted by molar-refractivity contribution is 7.99. The Morgan fingerprint density at radius 3 is 2.43 bits per heavy atom. The van der Waals surface area contributed by atoms with E-state index in [0.29, 0.717) is 48.7 Å². The number of aromatic nitrogens is 3. The van der Waals surface area contributed by atoms with Crippen molar-refractivity contribution >= 4 is 23.6 Å². The van der Waals surface area contributed by atoms with E-state index in [0.717, 1.165) is 5.56 Å². The van der Waals surface area contributed by atoms with Crippen LogP contribution < -0.4 is 9.47 Å². The molecule has 0 aliphatic carbocycles. The average Bonchev–Trinajstić information content (AvgIpc) is 3.27. The summed E-state index contributed by atoms with van der Waals surface area (Å²) in [5.41, 5.74) is 0.746. The van der Waals surface area contributed by atoms with Gasteiger partial charge in [-0.1, -0.05) is 23.9 Å². The first kappa shape index (κ1) is 23.2. The van der Waals surface area contributed by atoms with Crippen LogP contribution in [0.4, 0.5) is 4.39 Å². The number of carbonyl (C=O) groups is 2. The zero-order valence-electron chi connectivity index (χ0n) is 19.1. The number of thioether (sulfide) groups is 1. The summed E-state index contributed by atoms with van der Waals surface area (Å²) in [6, 6.07) is 13.3. The van der Waals surface area contributed by atoms with Crippen molar-refractivity contribution in [3.05, 3.63) is 54.3 Å². The maximum atomic E-state index is 13.2. The van der Waals surface area contributed by atoms with Crippen molar-refractivity contribution in [1.82, 2.24) is 24.6 Å². The first-order valence-corrected chi connectivity index (χ1v) is 12.2. The molecule has 182 valence electrons. The number of piperazine rings is 1. The quantitative estimate of drug-likeness (QED) is 0.500. The predicted octanol–water partition coefficient (Wildman–Crippen LogP) is 2.22. The SMILES string of the molecule is Cn1c(SCC(=O)N2CCN(C(=O)[C@@H]3COc4ccccc4O3)CC2)nnc1-c1ccc(F)cc1. The number of hydrogen-bond donors (Lipinski definition) is 0. The Labute approximate surface area is 205 Å². The smallest absolute Gasteiger partial charge is 0.267 e. The Morgan fingerprint density at radius 1 is 1.00 bits per heavy atom. The molecule has 0 bridgehead atoms. The summed E-state index contributed by atoms with van der Waals surface area (Å²) in [6.07, 6.45) is -0.686. The van der Waals surface area contributed by atoms with Gasteiger partial charge in [-0.05, 0) is 36.4 Å². The van der Waals surface area contributed by atoms with Gasteiger partial charge in [-0.2, -0.15) is 0 Å². The molecule has 0 unspecified atom stereocenters. The number of halogens is 1. The van der Waals surface area contributed by atoms with E-state index in [-0.39, 0.29) is 30.0 Å². The molecule has 11 heteroatoms.